The Morgan fingerprint density at radius 3 is 1.83 bits per heavy atom. The predicted molar refractivity (Wildman–Crippen MR) is 101 cm³/mol. The number of aliphatic hydroxyl groups excluding tert-OH is 1. The maximum Gasteiger partial charge on any atom is 0.0969 e. The molecule has 1 N–H and O–H groups in total. The molecular formula is C22H24O. The lowest BCUT2D eigenvalue weighted by Crippen LogP contribution is -2.03. The van der Waals surface area contributed by atoms with Gasteiger partial charge in [-0.1, -0.05) is 104 Å². The van der Waals surface area contributed by atoms with Crippen molar-refractivity contribution in [3.8, 4) is 0 Å². The molecular weight excluding hydrogens is 280 g/mol. The average Bonchev–Trinajstić information content (AvgIpc) is 2.56. The van der Waals surface area contributed by atoms with Crippen molar-refractivity contribution >= 4 is 0 Å². The molecule has 0 radical (unpaired) electrons. The lowest BCUT2D eigenvalue weighted by atomic mass is 9.89. The number of aryl methyl sites for hydroxylation is 1. The topological polar surface area (TPSA) is 20.2 Å². The largest absolute Gasteiger partial charge is 0.512 e. The summed E-state index contributed by atoms with van der Waals surface area (Å²) in [6, 6.07) is 20.0. The maximum atomic E-state index is 9.68. The van der Waals surface area contributed by atoms with Crippen LogP contribution in [-0.4, -0.2) is 5.11 Å². The first-order chi connectivity index (χ1) is 11.1. The quantitative estimate of drug-likeness (QED) is 0.520. The molecule has 1 heteroatoms. The summed E-state index contributed by atoms with van der Waals surface area (Å²) in [5, 5.41) is 9.68. The molecule has 2 aromatic rings. The molecule has 0 aliphatic heterocycles. The molecule has 23 heavy (non-hydrogen) atoms. The van der Waals surface area contributed by atoms with E-state index in [-0.39, 0.29) is 11.7 Å². The van der Waals surface area contributed by atoms with E-state index in [0.29, 0.717) is 0 Å². The van der Waals surface area contributed by atoms with Gasteiger partial charge in [0.1, 0.15) is 0 Å². The van der Waals surface area contributed by atoms with Gasteiger partial charge < -0.3 is 5.11 Å². The number of hydrogen-bond donors (Lipinski definition) is 1. The summed E-state index contributed by atoms with van der Waals surface area (Å²) in [4.78, 5) is 0. The normalized spacial score (nSPS) is 11.6. The highest BCUT2D eigenvalue weighted by Crippen LogP contribution is 2.30. The number of allylic oxidation sites excluding steroid dienone is 4. The molecule has 0 heterocycles. The molecule has 0 saturated heterocycles. The third-order valence-corrected chi connectivity index (χ3v) is 3.29. The second-order valence-corrected chi connectivity index (χ2v) is 5.10. The van der Waals surface area contributed by atoms with Crippen LogP contribution in [-0.2, 0) is 0 Å². The Hall–Kier alpha value is -2.80. The summed E-state index contributed by atoms with van der Waals surface area (Å²) < 4.78 is 0. The zero-order chi connectivity index (χ0) is 17.1. The van der Waals surface area contributed by atoms with E-state index in [1.165, 1.54) is 5.56 Å². The van der Waals surface area contributed by atoms with Crippen LogP contribution in [0.4, 0.5) is 0 Å². The van der Waals surface area contributed by atoms with Gasteiger partial charge in [0.05, 0.1) is 11.7 Å². The van der Waals surface area contributed by atoms with Crippen LogP contribution in [0, 0.1) is 6.92 Å². The molecule has 1 atom stereocenters. The van der Waals surface area contributed by atoms with E-state index in [4.69, 9.17) is 0 Å². The Morgan fingerprint density at radius 1 is 0.957 bits per heavy atom. The molecule has 0 fully saturated rings. The van der Waals surface area contributed by atoms with E-state index in [2.05, 4.69) is 38.8 Å². The summed E-state index contributed by atoms with van der Waals surface area (Å²) in [6.07, 6.45) is 5.21. The van der Waals surface area contributed by atoms with E-state index in [0.717, 1.165) is 11.1 Å². The predicted octanol–water partition coefficient (Wildman–Crippen LogP) is 6.14. The highest BCUT2D eigenvalue weighted by Gasteiger charge is 2.16. The third kappa shape index (κ3) is 6.23. The first-order valence-electron chi connectivity index (χ1n) is 7.49. The van der Waals surface area contributed by atoms with E-state index in [9.17, 15) is 5.11 Å². The van der Waals surface area contributed by atoms with Crippen molar-refractivity contribution in [1.29, 1.82) is 0 Å². The molecule has 0 aliphatic carbocycles. The minimum Gasteiger partial charge on any atom is -0.512 e. The first-order valence-corrected chi connectivity index (χ1v) is 7.49. The molecule has 0 bridgehead atoms. The van der Waals surface area contributed by atoms with E-state index in [1.807, 2.05) is 54.6 Å². The fourth-order valence-corrected chi connectivity index (χ4v) is 2.18. The van der Waals surface area contributed by atoms with Crippen molar-refractivity contribution in [2.24, 2.45) is 0 Å². The lowest BCUT2D eigenvalue weighted by molar-refractivity contribution is 0.384. The van der Waals surface area contributed by atoms with Gasteiger partial charge in [-0.15, -0.1) is 0 Å². The van der Waals surface area contributed by atoms with Crippen LogP contribution in [0.3, 0.4) is 0 Å². The Kier molecular flexibility index (Phi) is 7.95. The smallest absolute Gasteiger partial charge is 0.0969 e. The molecule has 2 aromatic carbocycles. The molecule has 0 spiro atoms. The van der Waals surface area contributed by atoms with Gasteiger partial charge in [-0.25, -0.2) is 0 Å². The van der Waals surface area contributed by atoms with Crippen LogP contribution in [0.2, 0.25) is 0 Å². The Labute approximate surface area is 139 Å². The molecule has 118 valence electrons. The Bertz CT molecular complexity index is 651. The van der Waals surface area contributed by atoms with Gasteiger partial charge in [0.2, 0.25) is 0 Å². The van der Waals surface area contributed by atoms with Crippen molar-refractivity contribution in [1.82, 2.24) is 0 Å². The fourth-order valence-electron chi connectivity index (χ4n) is 2.18. The summed E-state index contributed by atoms with van der Waals surface area (Å²) in [7, 11) is 0. The molecule has 0 saturated carbocycles. The minimum absolute atomic E-state index is 0.110. The first kappa shape index (κ1) is 18.2. The summed E-state index contributed by atoms with van der Waals surface area (Å²) in [6.45, 7) is 13.1. The second kappa shape index (κ2) is 10.0. The summed E-state index contributed by atoms with van der Waals surface area (Å²) in [5.74, 6) is -0.129. The van der Waals surface area contributed by atoms with Gasteiger partial charge in [-0.3, -0.25) is 0 Å². The van der Waals surface area contributed by atoms with Crippen molar-refractivity contribution < 1.29 is 5.11 Å². The van der Waals surface area contributed by atoms with Crippen molar-refractivity contribution in [2.45, 2.75) is 12.8 Å². The zero-order valence-electron chi connectivity index (χ0n) is 13.7. The van der Waals surface area contributed by atoms with Crippen molar-refractivity contribution in [3.05, 3.63) is 121 Å². The van der Waals surface area contributed by atoms with Crippen LogP contribution >= 0.6 is 0 Å². The minimum atomic E-state index is -0.239. The fraction of sp³-hybridized carbons (Fsp3) is 0.0909. The van der Waals surface area contributed by atoms with Gasteiger partial charge in [0.15, 0.2) is 0 Å². The number of benzene rings is 2. The van der Waals surface area contributed by atoms with Gasteiger partial charge in [0.25, 0.3) is 0 Å². The van der Waals surface area contributed by atoms with Gasteiger partial charge >= 0.3 is 0 Å². The van der Waals surface area contributed by atoms with Crippen molar-refractivity contribution in [2.75, 3.05) is 0 Å². The Balaban J connectivity index is 0.000000313. The standard InChI is InChI=1S/C15H16O.C7H8/c1-4-9-13(5-2)15(12(3)16)14-10-7-6-8-11-14;1-7-5-3-2-4-6-7/h4-11,15-16H,1-3H2;2-6H,1H3/b13-9+;. The third-order valence-electron chi connectivity index (χ3n) is 3.29. The highest BCUT2D eigenvalue weighted by atomic mass is 16.3. The maximum absolute atomic E-state index is 9.68. The van der Waals surface area contributed by atoms with E-state index < -0.39 is 0 Å². The molecule has 1 unspecified atom stereocenters. The van der Waals surface area contributed by atoms with Crippen LogP contribution in [0.1, 0.15) is 17.0 Å². The highest BCUT2D eigenvalue weighted by molar-refractivity contribution is 5.41. The zero-order valence-corrected chi connectivity index (χ0v) is 13.7. The molecule has 1 nitrogen and oxygen atoms in total. The van der Waals surface area contributed by atoms with Crippen LogP contribution in [0.5, 0.6) is 0 Å². The van der Waals surface area contributed by atoms with Crippen LogP contribution in [0.15, 0.2) is 110 Å². The van der Waals surface area contributed by atoms with Gasteiger partial charge in [-0.2, -0.15) is 0 Å². The number of rotatable bonds is 5. The molecule has 0 aliphatic rings. The Morgan fingerprint density at radius 2 is 1.48 bits per heavy atom. The number of hydrogen-bond acceptors (Lipinski definition) is 1. The molecule has 0 aromatic heterocycles. The second-order valence-electron chi connectivity index (χ2n) is 5.10. The van der Waals surface area contributed by atoms with E-state index >= 15 is 0 Å². The monoisotopic (exact) mass is 304 g/mol. The summed E-state index contributed by atoms with van der Waals surface area (Å²) in [5.41, 5.74) is 3.19. The molecule has 0 amide bonds. The van der Waals surface area contributed by atoms with Crippen LogP contribution in [0.25, 0.3) is 0 Å². The van der Waals surface area contributed by atoms with Crippen molar-refractivity contribution in [3.63, 3.8) is 0 Å². The summed E-state index contributed by atoms with van der Waals surface area (Å²) >= 11 is 0. The van der Waals surface area contributed by atoms with Crippen LogP contribution < -0.4 is 0 Å². The average molecular weight is 304 g/mol. The molecule has 2 rings (SSSR count). The lowest BCUT2D eigenvalue weighted by Gasteiger charge is -2.17. The SMILES string of the molecule is C=C/C=C(\C=C)C(C(=C)O)c1ccccc1.Cc1ccccc1. The van der Waals surface area contributed by atoms with Gasteiger partial charge in [0, 0.05) is 0 Å². The van der Waals surface area contributed by atoms with Gasteiger partial charge in [-0.05, 0) is 18.1 Å². The van der Waals surface area contributed by atoms with E-state index in [1.54, 1.807) is 12.2 Å². The number of aliphatic hydroxyl groups is 1.